The van der Waals surface area contributed by atoms with Gasteiger partial charge in [0.2, 0.25) is 0 Å². The van der Waals surface area contributed by atoms with Crippen LogP contribution in [0.1, 0.15) is 25.3 Å². The van der Waals surface area contributed by atoms with Crippen molar-refractivity contribution in [1.29, 1.82) is 0 Å². The van der Waals surface area contributed by atoms with Crippen LogP contribution in [0.3, 0.4) is 0 Å². The van der Waals surface area contributed by atoms with E-state index in [1.807, 2.05) is 17.2 Å². The van der Waals surface area contributed by atoms with Crippen molar-refractivity contribution >= 4 is 17.4 Å². The van der Waals surface area contributed by atoms with E-state index >= 15 is 0 Å². The summed E-state index contributed by atoms with van der Waals surface area (Å²) in [4.78, 5) is 13.5. The number of nitrogens with zero attached hydrogens (tertiary/aromatic N) is 1. The zero-order valence-corrected chi connectivity index (χ0v) is 9.63. The first kappa shape index (κ1) is 10.5. The number of rotatable bonds is 4. The minimum absolute atomic E-state index is 0.175. The van der Waals surface area contributed by atoms with Gasteiger partial charge in [-0.1, -0.05) is 0 Å². The van der Waals surface area contributed by atoms with Crippen LogP contribution in [-0.2, 0) is 11.3 Å². The number of amides is 1. The fourth-order valence-corrected chi connectivity index (χ4v) is 2.17. The Hall–Kier alpha value is -1.03. The van der Waals surface area contributed by atoms with Crippen LogP contribution >= 0.6 is 11.3 Å². The van der Waals surface area contributed by atoms with E-state index < -0.39 is 0 Å². The van der Waals surface area contributed by atoms with E-state index in [-0.39, 0.29) is 6.09 Å². The quantitative estimate of drug-likeness (QED) is 0.788. The lowest BCUT2D eigenvalue weighted by molar-refractivity contribution is 0.102. The van der Waals surface area contributed by atoms with Gasteiger partial charge in [0.15, 0.2) is 0 Å². The third-order valence-electron chi connectivity index (χ3n) is 2.42. The molecule has 1 aliphatic rings. The summed E-state index contributed by atoms with van der Waals surface area (Å²) in [6.07, 6.45) is 2.05. The molecular formula is C11H15NO2S. The van der Waals surface area contributed by atoms with Crippen molar-refractivity contribution < 1.29 is 9.53 Å². The van der Waals surface area contributed by atoms with Crippen molar-refractivity contribution in [3.8, 4) is 0 Å². The summed E-state index contributed by atoms with van der Waals surface area (Å²) in [5, 5.41) is 4.11. The summed E-state index contributed by atoms with van der Waals surface area (Å²) in [5.74, 6) is 0. The molecule has 1 aromatic heterocycles. The molecule has 15 heavy (non-hydrogen) atoms. The average Bonchev–Trinajstić information content (AvgIpc) is 2.93. The smallest absolute Gasteiger partial charge is 0.410 e. The second kappa shape index (κ2) is 4.66. The van der Waals surface area contributed by atoms with E-state index in [0.717, 1.165) is 12.8 Å². The first-order valence-electron chi connectivity index (χ1n) is 5.25. The van der Waals surface area contributed by atoms with Crippen molar-refractivity contribution in [2.24, 2.45) is 0 Å². The van der Waals surface area contributed by atoms with E-state index in [1.165, 1.54) is 5.56 Å². The maximum absolute atomic E-state index is 11.7. The lowest BCUT2D eigenvalue weighted by Crippen LogP contribution is -2.32. The topological polar surface area (TPSA) is 29.5 Å². The Morgan fingerprint density at radius 2 is 2.47 bits per heavy atom. The normalized spacial score (nSPS) is 15.0. The summed E-state index contributed by atoms with van der Waals surface area (Å²) in [5.41, 5.74) is 1.19. The largest absolute Gasteiger partial charge is 0.450 e. The molecule has 1 aliphatic carbocycles. The molecule has 0 spiro atoms. The molecule has 4 heteroatoms. The molecule has 82 valence electrons. The van der Waals surface area contributed by atoms with Gasteiger partial charge in [0.1, 0.15) is 0 Å². The van der Waals surface area contributed by atoms with Crippen LogP contribution in [0.25, 0.3) is 0 Å². The second-order valence-electron chi connectivity index (χ2n) is 3.69. The van der Waals surface area contributed by atoms with Crippen LogP contribution in [0, 0.1) is 0 Å². The average molecular weight is 225 g/mol. The predicted octanol–water partition coefficient (Wildman–Crippen LogP) is 2.87. The molecular weight excluding hydrogens is 210 g/mol. The highest BCUT2D eigenvalue weighted by atomic mass is 32.1. The lowest BCUT2D eigenvalue weighted by Gasteiger charge is -2.20. The van der Waals surface area contributed by atoms with Crippen LogP contribution < -0.4 is 0 Å². The summed E-state index contributed by atoms with van der Waals surface area (Å²) in [6, 6.07) is 2.46. The Labute approximate surface area is 93.7 Å². The molecule has 0 unspecified atom stereocenters. The summed E-state index contributed by atoms with van der Waals surface area (Å²) < 4.78 is 5.04. The first-order valence-corrected chi connectivity index (χ1v) is 6.20. The van der Waals surface area contributed by atoms with Gasteiger partial charge in [-0.2, -0.15) is 11.3 Å². The van der Waals surface area contributed by atoms with Gasteiger partial charge in [0.25, 0.3) is 0 Å². The number of ether oxygens (including phenoxy) is 1. The minimum atomic E-state index is -0.175. The van der Waals surface area contributed by atoms with E-state index in [2.05, 4.69) is 11.4 Å². The van der Waals surface area contributed by atoms with Crippen molar-refractivity contribution in [2.75, 3.05) is 6.61 Å². The van der Waals surface area contributed by atoms with Crippen LogP contribution in [0.15, 0.2) is 16.8 Å². The maximum atomic E-state index is 11.7. The monoisotopic (exact) mass is 225 g/mol. The molecule has 1 amide bonds. The fraction of sp³-hybridized carbons (Fsp3) is 0.545. The van der Waals surface area contributed by atoms with E-state index in [1.54, 1.807) is 11.3 Å². The molecule has 0 radical (unpaired) electrons. The van der Waals surface area contributed by atoms with Gasteiger partial charge in [0.05, 0.1) is 13.2 Å². The molecule has 0 atom stereocenters. The minimum Gasteiger partial charge on any atom is -0.450 e. The first-order chi connectivity index (χ1) is 7.31. The van der Waals surface area contributed by atoms with Gasteiger partial charge in [0, 0.05) is 6.04 Å². The number of carbonyl (C=O) groups is 1. The zero-order valence-electron chi connectivity index (χ0n) is 8.81. The lowest BCUT2D eigenvalue weighted by atomic mass is 10.3. The van der Waals surface area contributed by atoms with Gasteiger partial charge in [-0.05, 0) is 42.2 Å². The van der Waals surface area contributed by atoms with Crippen molar-refractivity contribution in [1.82, 2.24) is 4.90 Å². The van der Waals surface area contributed by atoms with Crippen molar-refractivity contribution in [3.63, 3.8) is 0 Å². The van der Waals surface area contributed by atoms with Crippen LogP contribution in [0.2, 0.25) is 0 Å². The standard InChI is InChI=1S/C11H15NO2S/c1-2-14-11(13)12(10-3-4-10)7-9-5-6-15-8-9/h5-6,8,10H,2-4,7H2,1H3. The molecule has 1 saturated carbocycles. The highest BCUT2D eigenvalue weighted by molar-refractivity contribution is 7.07. The highest BCUT2D eigenvalue weighted by Crippen LogP contribution is 2.29. The highest BCUT2D eigenvalue weighted by Gasteiger charge is 2.33. The third-order valence-corrected chi connectivity index (χ3v) is 3.16. The van der Waals surface area contributed by atoms with Gasteiger partial charge >= 0.3 is 6.09 Å². The Morgan fingerprint density at radius 1 is 1.67 bits per heavy atom. The van der Waals surface area contributed by atoms with Crippen LogP contribution in [-0.4, -0.2) is 23.6 Å². The van der Waals surface area contributed by atoms with Crippen molar-refractivity contribution in [2.45, 2.75) is 32.4 Å². The summed E-state index contributed by atoms with van der Waals surface area (Å²) in [6.45, 7) is 2.98. The maximum Gasteiger partial charge on any atom is 0.410 e. The summed E-state index contributed by atoms with van der Waals surface area (Å²) >= 11 is 1.66. The van der Waals surface area contributed by atoms with Gasteiger partial charge in [-0.3, -0.25) is 0 Å². The molecule has 0 N–H and O–H groups in total. The molecule has 0 bridgehead atoms. The Balaban J connectivity index is 1.97. The summed E-state index contributed by atoms with van der Waals surface area (Å²) in [7, 11) is 0. The molecule has 3 nitrogen and oxygen atoms in total. The second-order valence-corrected chi connectivity index (χ2v) is 4.47. The van der Waals surface area contributed by atoms with Gasteiger partial charge in [-0.25, -0.2) is 4.79 Å². The van der Waals surface area contributed by atoms with Crippen LogP contribution in [0.4, 0.5) is 4.79 Å². The van der Waals surface area contributed by atoms with E-state index in [0.29, 0.717) is 19.2 Å². The molecule has 1 heterocycles. The number of hydrogen-bond acceptors (Lipinski definition) is 3. The van der Waals surface area contributed by atoms with Crippen LogP contribution in [0.5, 0.6) is 0 Å². The Morgan fingerprint density at radius 3 is 3.00 bits per heavy atom. The fourth-order valence-electron chi connectivity index (χ4n) is 1.51. The van der Waals surface area contributed by atoms with Gasteiger partial charge < -0.3 is 9.64 Å². The SMILES string of the molecule is CCOC(=O)N(Cc1ccsc1)C1CC1. The molecule has 0 aromatic carbocycles. The Bertz CT molecular complexity index is 319. The van der Waals surface area contributed by atoms with E-state index in [4.69, 9.17) is 4.74 Å². The van der Waals surface area contributed by atoms with E-state index in [9.17, 15) is 4.79 Å². The zero-order chi connectivity index (χ0) is 10.7. The molecule has 1 aromatic rings. The Kier molecular flexibility index (Phi) is 3.26. The third kappa shape index (κ3) is 2.72. The molecule has 1 fully saturated rings. The van der Waals surface area contributed by atoms with Crippen molar-refractivity contribution in [3.05, 3.63) is 22.4 Å². The molecule has 0 aliphatic heterocycles. The van der Waals surface area contributed by atoms with Gasteiger partial charge in [-0.15, -0.1) is 0 Å². The number of carbonyl (C=O) groups excluding carboxylic acids is 1. The molecule has 0 saturated heterocycles. The number of thiophene rings is 1. The molecule has 2 rings (SSSR count). The number of hydrogen-bond donors (Lipinski definition) is 0. The predicted molar refractivity (Wildman–Crippen MR) is 59.9 cm³/mol.